The molecule has 17 heavy (non-hydrogen) atoms. The number of hydrogen-bond donors (Lipinski definition) is 0. The summed E-state index contributed by atoms with van der Waals surface area (Å²) >= 11 is 5.15. The van der Waals surface area contributed by atoms with Crippen molar-refractivity contribution in [2.24, 2.45) is 0 Å². The fourth-order valence-electron chi connectivity index (χ4n) is 2.31. The maximum Gasteiger partial charge on any atom is 0.272 e. The Labute approximate surface area is 101 Å². The molecule has 0 spiro atoms. The van der Waals surface area contributed by atoms with E-state index in [0.717, 1.165) is 5.69 Å². The van der Waals surface area contributed by atoms with Crippen molar-refractivity contribution in [3.05, 3.63) is 11.9 Å². The van der Waals surface area contributed by atoms with Gasteiger partial charge >= 0.3 is 0 Å². The summed E-state index contributed by atoms with van der Waals surface area (Å²) in [6.07, 6.45) is 1.46. The van der Waals surface area contributed by atoms with Gasteiger partial charge in [-0.2, -0.15) is 0 Å². The minimum absolute atomic E-state index is 0.0967. The highest BCUT2D eigenvalue weighted by Crippen LogP contribution is 2.30. The van der Waals surface area contributed by atoms with E-state index in [-0.39, 0.29) is 12.1 Å². The molecule has 0 aromatic carbocycles. The van der Waals surface area contributed by atoms with E-state index in [4.69, 9.17) is 16.3 Å². The number of fused-ring (bicyclic) bond motifs is 3. The second-order valence-corrected chi connectivity index (χ2v) is 4.51. The summed E-state index contributed by atoms with van der Waals surface area (Å²) in [4.78, 5) is 12.8. The van der Waals surface area contributed by atoms with Gasteiger partial charge in [0.05, 0.1) is 30.6 Å². The van der Waals surface area contributed by atoms with Crippen LogP contribution in [0.4, 0.5) is 4.39 Å². The Morgan fingerprint density at radius 2 is 2.47 bits per heavy atom. The zero-order valence-corrected chi connectivity index (χ0v) is 9.55. The monoisotopic (exact) mass is 260 g/mol. The molecule has 92 valence electrons. The second kappa shape index (κ2) is 3.92. The van der Waals surface area contributed by atoms with Crippen LogP contribution in [0.1, 0.15) is 11.7 Å². The highest BCUT2D eigenvalue weighted by atomic mass is 35.5. The number of rotatable bonds is 1. The predicted octanol–water partition coefficient (Wildman–Crippen LogP) is 0.0946. The van der Waals surface area contributed by atoms with Crippen LogP contribution < -0.4 is 0 Å². The quantitative estimate of drug-likeness (QED) is 0.672. The van der Waals surface area contributed by atoms with Crippen LogP contribution in [-0.4, -0.2) is 50.6 Å². The molecule has 1 fully saturated rings. The van der Waals surface area contributed by atoms with Gasteiger partial charge < -0.3 is 9.64 Å². The topological polar surface area (TPSA) is 60.3 Å². The lowest BCUT2D eigenvalue weighted by atomic mass is 10.2. The molecule has 0 N–H and O–H groups in total. The molecule has 0 saturated carbocycles. The number of ether oxygens (including phenoxy) is 1. The van der Waals surface area contributed by atoms with E-state index >= 15 is 0 Å². The summed E-state index contributed by atoms with van der Waals surface area (Å²) in [6.45, 7) is 1.11. The first-order valence-electron chi connectivity index (χ1n) is 5.24. The minimum atomic E-state index is -2.00. The molecule has 8 heteroatoms. The van der Waals surface area contributed by atoms with Gasteiger partial charge in [-0.05, 0) is 0 Å². The normalized spacial score (nSPS) is 28.7. The van der Waals surface area contributed by atoms with Crippen LogP contribution in [0.25, 0.3) is 0 Å². The van der Waals surface area contributed by atoms with Gasteiger partial charge in [0.15, 0.2) is 0 Å². The maximum absolute atomic E-state index is 12.8. The lowest BCUT2D eigenvalue weighted by Crippen LogP contribution is -2.34. The molecule has 2 aliphatic heterocycles. The number of alkyl halides is 2. The molecule has 6 nitrogen and oxygen atoms in total. The van der Waals surface area contributed by atoms with Crippen LogP contribution in [0.15, 0.2) is 6.20 Å². The highest BCUT2D eigenvalue weighted by molar-refractivity contribution is 6.29. The van der Waals surface area contributed by atoms with E-state index in [1.165, 1.54) is 4.90 Å². The van der Waals surface area contributed by atoms with Gasteiger partial charge in [0.25, 0.3) is 11.5 Å². The van der Waals surface area contributed by atoms with Gasteiger partial charge in [-0.25, -0.2) is 9.07 Å². The van der Waals surface area contributed by atoms with Crippen LogP contribution >= 0.6 is 11.6 Å². The van der Waals surface area contributed by atoms with E-state index in [2.05, 4.69) is 10.3 Å². The zero-order valence-electron chi connectivity index (χ0n) is 8.79. The van der Waals surface area contributed by atoms with E-state index in [1.807, 2.05) is 0 Å². The molecule has 1 unspecified atom stereocenters. The number of carbonyl (C=O) groups excluding carboxylic acids is 1. The predicted molar refractivity (Wildman–Crippen MR) is 55.0 cm³/mol. The van der Waals surface area contributed by atoms with Gasteiger partial charge in [-0.1, -0.05) is 16.8 Å². The third kappa shape index (κ3) is 1.69. The molecule has 1 amide bonds. The van der Waals surface area contributed by atoms with Crippen LogP contribution in [0.2, 0.25) is 0 Å². The van der Waals surface area contributed by atoms with Crippen LogP contribution in [0.5, 0.6) is 0 Å². The molecule has 0 aliphatic carbocycles. The Balaban J connectivity index is 1.82. The number of likely N-dealkylation sites (tertiary alicyclic amines) is 1. The summed E-state index contributed by atoms with van der Waals surface area (Å²) < 4.78 is 20.1. The number of amides is 1. The Morgan fingerprint density at radius 1 is 1.65 bits per heavy atom. The van der Waals surface area contributed by atoms with Crippen LogP contribution in [0.3, 0.4) is 0 Å². The van der Waals surface area contributed by atoms with Crippen molar-refractivity contribution < 1.29 is 13.9 Å². The average molecular weight is 261 g/mol. The molecule has 1 aromatic heterocycles. The fraction of sp³-hybridized carbons (Fsp3) is 0.667. The molecule has 0 bridgehead atoms. The Bertz CT molecular complexity index is 452. The first-order chi connectivity index (χ1) is 8.16. The molecule has 1 aromatic rings. The molecule has 0 radical (unpaired) electrons. The van der Waals surface area contributed by atoms with Crippen molar-refractivity contribution >= 4 is 17.5 Å². The summed E-state index contributed by atoms with van der Waals surface area (Å²) in [5.74, 6) is -0.716. The molecule has 3 atom stereocenters. The Morgan fingerprint density at radius 3 is 3.24 bits per heavy atom. The minimum Gasteiger partial charge on any atom is -0.368 e. The van der Waals surface area contributed by atoms with Crippen molar-refractivity contribution in [1.29, 1.82) is 0 Å². The molecule has 2 aliphatic rings. The number of carbonyl (C=O) groups is 1. The molecular weight excluding hydrogens is 251 g/mol. The fourth-order valence-corrected chi connectivity index (χ4v) is 2.45. The van der Waals surface area contributed by atoms with E-state index < -0.39 is 11.5 Å². The van der Waals surface area contributed by atoms with E-state index in [9.17, 15) is 9.18 Å². The Kier molecular flexibility index (Phi) is 2.52. The molecule has 3 rings (SSSR count). The second-order valence-electron chi connectivity index (χ2n) is 4.13. The smallest absolute Gasteiger partial charge is 0.272 e. The average Bonchev–Trinajstić information content (AvgIpc) is 2.92. The van der Waals surface area contributed by atoms with Gasteiger partial charge in [0.1, 0.15) is 0 Å². The third-order valence-corrected chi connectivity index (χ3v) is 3.33. The summed E-state index contributed by atoms with van der Waals surface area (Å²) in [5.41, 5.74) is -1.13. The van der Waals surface area contributed by atoms with Crippen LogP contribution in [-0.2, 0) is 16.1 Å². The summed E-state index contributed by atoms with van der Waals surface area (Å²) in [5, 5.41) is 7.76. The Hall–Kier alpha value is -1.21. The highest BCUT2D eigenvalue weighted by Gasteiger charge is 2.42. The van der Waals surface area contributed by atoms with Crippen molar-refractivity contribution in [3.63, 3.8) is 0 Å². The maximum atomic E-state index is 12.8. The summed E-state index contributed by atoms with van der Waals surface area (Å²) in [6, 6.07) is -0.0967. The first kappa shape index (κ1) is 10.9. The van der Waals surface area contributed by atoms with Gasteiger partial charge in [-0.15, -0.1) is 5.10 Å². The van der Waals surface area contributed by atoms with Crippen LogP contribution in [0, 0.1) is 0 Å². The van der Waals surface area contributed by atoms with Gasteiger partial charge in [0.2, 0.25) is 0 Å². The lowest BCUT2D eigenvalue weighted by molar-refractivity contribution is -0.133. The molecular formula is C9H10ClFN4O2. The lowest BCUT2D eigenvalue weighted by Gasteiger charge is -2.25. The van der Waals surface area contributed by atoms with Crippen molar-refractivity contribution in [2.75, 3.05) is 13.1 Å². The SMILES string of the molecule is O=C(C(F)Cl)N1C[C@@H]2OCc3cnnn3[C@H]2C1. The number of nitrogens with zero attached hydrogens (tertiary/aromatic N) is 4. The van der Waals surface area contributed by atoms with Crippen molar-refractivity contribution in [2.45, 2.75) is 24.4 Å². The summed E-state index contributed by atoms with van der Waals surface area (Å²) in [7, 11) is 0. The molecule has 3 heterocycles. The molecule has 1 saturated heterocycles. The van der Waals surface area contributed by atoms with E-state index in [0.29, 0.717) is 19.7 Å². The standard InChI is InChI=1S/C9H10ClFN4O2/c10-8(11)9(16)14-2-6-7(3-14)17-4-5-1-12-13-15(5)6/h1,6-8H,2-4H2/t6-,7-,8?/m0/s1. The number of hydrogen-bond acceptors (Lipinski definition) is 4. The third-order valence-electron chi connectivity index (χ3n) is 3.14. The van der Waals surface area contributed by atoms with Crippen molar-refractivity contribution in [1.82, 2.24) is 19.9 Å². The largest absolute Gasteiger partial charge is 0.368 e. The first-order valence-corrected chi connectivity index (χ1v) is 5.68. The number of halogens is 2. The van der Waals surface area contributed by atoms with Gasteiger partial charge in [0, 0.05) is 13.1 Å². The van der Waals surface area contributed by atoms with E-state index in [1.54, 1.807) is 10.9 Å². The zero-order chi connectivity index (χ0) is 12.0. The van der Waals surface area contributed by atoms with Crippen molar-refractivity contribution in [3.8, 4) is 0 Å². The van der Waals surface area contributed by atoms with Gasteiger partial charge in [-0.3, -0.25) is 4.79 Å². The number of aromatic nitrogens is 3.